The molecule has 27 heavy (non-hydrogen) atoms. The Hall–Kier alpha value is -2.63. The maximum Gasteiger partial charge on any atom is 0.236 e. The van der Waals surface area contributed by atoms with E-state index in [2.05, 4.69) is 21.4 Å². The molecular formula is C19H18N4O2S2. The molecule has 1 amide bonds. The normalized spacial score (nSPS) is 10.6. The van der Waals surface area contributed by atoms with Gasteiger partial charge in [0.05, 0.1) is 23.1 Å². The van der Waals surface area contributed by atoms with Crippen molar-refractivity contribution in [1.82, 2.24) is 9.97 Å². The standard InChI is InChI=1S/C19H18N4O2S2/c1-10-11(2)13(8-20)18(21-12(10)3)26-9-16(24)22-19-23-17-14(25-4)6-5-7-15(17)27-19/h5-7H,9H2,1-4H3,(H,22,23,24). The van der Waals surface area contributed by atoms with Crippen molar-refractivity contribution in [2.75, 3.05) is 18.2 Å². The predicted octanol–water partition coefficient (Wildman–Crippen LogP) is 4.23. The maximum atomic E-state index is 12.3. The molecule has 0 aliphatic rings. The Morgan fingerprint density at radius 1 is 1.30 bits per heavy atom. The molecule has 2 aromatic heterocycles. The number of rotatable bonds is 5. The number of anilines is 1. The van der Waals surface area contributed by atoms with E-state index in [1.807, 2.05) is 39.0 Å². The predicted molar refractivity (Wildman–Crippen MR) is 109 cm³/mol. The van der Waals surface area contributed by atoms with Crippen molar-refractivity contribution in [3.63, 3.8) is 0 Å². The van der Waals surface area contributed by atoms with E-state index in [0.717, 1.165) is 27.0 Å². The number of hydrogen-bond donors (Lipinski definition) is 1. The fourth-order valence-corrected chi connectivity index (χ4v) is 4.36. The molecule has 0 aliphatic heterocycles. The van der Waals surface area contributed by atoms with Crippen LogP contribution in [0.25, 0.3) is 10.2 Å². The number of carbonyl (C=O) groups excluding carboxylic acids is 1. The number of fused-ring (bicyclic) bond motifs is 1. The van der Waals surface area contributed by atoms with Crippen molar-refractivity contribution >= 4 is 44.4 Å². The highest BCUT2D eigenvalue weighted by Gasteiger charge is 2.15. The lowest BCUT2D eigenvalue weighted by Gasteiger charge is -2.10. The highest BCUT2D eigenvalue weighted by atomic mass is 32.2. The number of pyridine rings is 1. The van der Waals surface area contributed by atoms with Crippen molar-refractivity contribution < 1.29 is 9.53 Å². The summed E-state index contributed by atoms with van der Waals surface area (Å²) in [5.41, 5.74) is 4.04. The molecule has 0 saturated carbocycles. The van der Waals surface area contributed by atoms with E-state index in [1.54, 1.807) is 7.11 Å². The molecule has 138 valence electrons. The van der Waals surface area contributed by atoms with Gasteiger partial charge in [-0.05, 0) is 44.0 Å². The first-order chi connectivity index (χ1) is 12.9. The van der Waals surface area contributed by atoms with Crippen LogP contribution < -0.4 is 10.1 Å². The topological polar surface area (TPSA) is 87.9 Å². The number of benzene rings is 1. The lowest BCUT2D eigenvalue weighted by molar-refractivity contribution is -0.113. The molecule has 0 spiro atoms. The molecule has 3 aromatic rings. The summed E-state index contributed by atoms with van der Waals surface area (Å²) in [6.07, 6.45) is 0. The number of carbonyl (C=O) groups is 1. The van der Waals surface area contributed by atoms with Gasteiger partial charge in [0, 0.05) is 5.69 Å². The first-order valence-corrected chi connectivity index (χ1v) is 9.99. The summed E-state index contributed by atoms with van der Waals surface area (Å²) >= 11 is 2.65. The van der Waals surface area contributed by atoms with Crippen molar-refractivity contribution in [3.05, 3.63) is 40.6 Å². The van der Waals surface area contributed by atoms with Crippen LogP contribution in [0.5, 0.6) is 5.75 Å². The number of hydrogen-bond acceptors (Lipinski definition) is 7. The van der Waals surface area contributed by atoms with Crippen LogP contribution >= 0.6 is 23.1 Å². The maximum absolute atomic E-state index is 12.3. The van der Waals surface area contributed by atoms with E-state index in [-0.39, 0.29) is 11.7 Å². The summed E-state index contributed by atoms with van der Waals surface area (Å²) in [5.74, 6) is 0.628. The summed E-state index contributed by atoms with van der Waals surface area (Å²) in [5, 5.41) is 13.3. The van der Waals surface area contributed by atoms with E-state index in [0.29, 0.717) is 21.5 Å². The lowest BCUT2D eigenvalue weighted by Crippen LogP contribution is -2.14. The quantitative estimate of drug-likeness (QED) is 0.647. The molecule has 0 saturated heterocycles. The number of nitriles is 1. The van der Waals surface area contributed by atoms with Gasteiger partial charge in [0.15, 0.2) is 5.13 Å². The zero-order chi connectivity index (χ0) is 19.6. The third-order valence-corrected chi connectivity index (χ3v) is 6.17. The minimum atomic E-state index is -0.195. The number of methoxy groups -OCH3 is 1. The molecule has 0 aliphatic carbocycles. The minimum Gasteiger partial charge on any atom is -0.494 e. The third kappa shape index (κ3) is 3.89. The third-order valence-electron chi connectivity index (χ3n) is 4.26. The number of thioether (sulfide) groups is 1. The fourth-order valence-electron chi connectivity index (χ4n) is 2.58. The molecule has 8 heteroatoms. The molecule has 0 radical (unpaired) electrons. The van der Waals surface area contributed by atoms with Gasteiger partial charge in [-0.3, -0.25) is 4.79 Å². The summed E-state index contributed by atoms with van der Waals surface area (Å²) in [6, 6.07) is 7.85. The van der Waals surface area contributed by atoms with Gasteiger partial charge in [-0.25, -0.2) is 9.97 Å². The van der Waals surface area contributed by atoms with E-state index < -0.39 is 0 Å². The Morgan fingerprint density at radius 2 is 2.07 bits per heavy atom. The second-order valence-electron chi connectivity index (χ2n) is 5.90. The van der Waals surface area contributed by atoms with Gasteiger partial charge in [-0.15, -0.1) is 0 Å². The van der Waals surface area contributed by atoms with Crippen molar-refractivity contribution in [2.45, 2.75) is 25.8 Å². The highest BCUT2D eigenvalue weighted by molar-refractivity contribution is 8.00. The number of amides is 1. The van der Waals surface area contributed by atoms with Gasteiger partial charge >= 0.3 is 0 Å². The van der Waals surface area contributed by atoms with Crippen molar-refractivity contribution in [2.24, 2.45) is 0 Å². The van der Waals surface area contributed by atoms with Crippen molar-refractivity contribution in [3.8, 4) is 11.8 Å². The molecule has 0 unspecified atom stereocenters. The molecule has 0 fully saturated rings. The fraction of sp³-hybridized carbons (Fsp3) is 0.263. The van der Waals surface area contributed by atoms with Gasteiger partial charge in [0.1, 0.15) is 22.4 Å². The van der Waals surface area contributed by atoms with Gasteiger partial charge in [-0.2, -0.15) is 5.26 Å². The van der Waals surface area contributed by atoms with Crippen LogP contribution in [0.15, 0.2) is 23.2 Å². The number of nitrogens with zero attached hydrogens (tertiary/aromatic N) is 3. The van der Waals surface area contributed by atoms with Crippen LogP contribution in [0.1, 0.15) is 22.4 Å². The first kappa shape index (κ1) is 19.1. The number of nitrogens with one attached hydrogen (secondary N) is 1. The molecular weight excluding hydrogens is 380 g/mol. The lowest BCUT2D eigenvalue weighted by atomic mass is 10.1. The number of thiazole rings is 1. The molecule has 0 atom stereocenters. The Bertz CT molecular complexity index is 1070. The summed E-state index contributed by atoms with van der Waals surface area (Å²) in [6.45, 7) is 5.75. The Labute approximate surface area is 165 Å². The van der Waals surface area contributed by atoms with Gasteiger partial charge in [0.2, 0.25) is 5.91 Å². The highest BCUT2D eigenvalue weighted by Crippen LogP contribution is 2.32. The number of aryl methyl sites for hydroxylation is 1. The van der Waals surface area contributed by atoms with E-state index in [4.69, 9.17) is 4.74 Å². The molecule has 6 nitrogen and oxygen atoms in total. The van der Waals surface area contributed by atoms with Gasteiger partial charge in [-0.1, -0.05) is 29.2 Å². The second kappa shape index (κ2) is 7.94. The van der Waals surface area contributed by atoms with E-state index in [1.165, 1.54) is 23.1 Å². The zero-order valence-electron chi connectivity index (χ0n) is 15.4. The molecule has 3 rings (SSSR count). The van der Waals surface area contributed by atoms with Crippen LogP contribution in [0, 0.1) is 32.1 Å². The number of ether oxygens (including phenoxy) is 1. The van der Waals surface area contributed by atoms with Crippen LogP contribution in [0.2, 0.25) is 0 Å². The number of para-hydroxylation sites is 1. The SMILES string of the molecule is COc1cccc2sc(NC(=O)CSc3nc(C)c(C)c(C)c3C#N)nc12. The van der Waals surface area contributed by atoms with E-state index in [9.17, 15) is 10.1 Å². The largest absolute Gasteiger partial charge is 0.494 e. The average molecular weight is 399 g/mol. The smallest absolute Gasteiger partial charge is 0.236 e. The zero-order valence-corrected chi connectivity index (χ0v) is 17.0. The molecule has 1 N–H and O–H groups in total. The summed E-state index contributed by atoms with van der Waals surface area (Å²) in [4.78, 5) is 21.3. The second-order valence-corrected chi connectivity index (χ2v) is 7.90. The summed E-state index contributed by atoms with van der Waals surface area (Å²) in [7, 11) is 1.59. The first-order valence-electron chi connectivity index (χ1n) is 8.18. The number of aromatic nitrogens is 2. The van der Waals surface area contributed by atoms with Crippen LogP contribution in [-0.4, -0.2) is 28.7 Å². The Kier molecular flexibility index (Phi) is 5.63. The monoisotopic (exact) mass is 398 g/mol. The van der Waals surface area contributed by atoms with Gasteiger partial charge < -0.3 is 10.1 Å². The summed E-state index contributed by atoms with van der Waals surface area (Å²) < 4.78 is 6.24. The van der Waals surface area contributed by atoms with E-state index >= 15 is 0 Å². The van der Waals surface area contributed by atoms with Crippen LogP contribution in [-0.2, 0) is 4.79 Å². The Morgan fingerprint density at radius 3 is 2.78 bits per heavy atom. The minimum absolute atomic E-state index is 0.149. The molecule has 2 heterocycles. The Balaban J connectivity index is 1.73. The van der Waals surface area contributed by atoms with Crippen LogP contribution in [0.3, 0.4) is 0 Å². The van der Waals surface area contributed by atoms with Crippen molar-refractivity contribution in [1.29, 1.82) is 5.26 Å². The van der Waals surface area contributed by atoms with Gasteiger partial charge in [0.25, 0.3) is 0 Å². The molecule has 1 aromatic carbocycles. The molecule has 0 bridgehead atoms. The van der Waals surface area contributed by atoms with Crippen LogP contribution in [0.4, 0.5) is 5.13 Å². The average Bonchev–Trinajstić information content (AvgIpc) is 3.06.